The summed E-state index contributed by atoms with van der Waals surface area (Å²) in [7, 11) is 1.81. The summed E-state index contributed by atoms with van der Waals surface area (Å²) in [5, 5.41) is 4.70. The van der Waals surface area contributed by atoms with E-state index in [0.29, 0.717) is 10.7 Å². The third-order valence-electron chi connectivity index (χ3n) is 3.17. The lowest BCUT2D eigenvalue weighted by atomic mass is 10.3. The minimum Gasteiger partial charge on any atom is -0.369 e. The average Bonchev–Trinajstić information content (AvgIpc) is 2.85. The number of imidazole rings is 1. The summed E-state index contributed by atoms with van der Waals surface area (Å²) in [5.41, 5.74) is 8.81. The van der Waals surface area contributed by atoms with Crippen molar-refractivity contribution in [2.24, 2.45) is 7.05 Å². The number of rotatable bonds is 2. The zero-order valence-electron chi connectivity index (χ0n) is 11.1. The van der Waals surface area contributed by atoms with Crippen LogP contribution in [-0.2, 0) is 13.5 Å². The molecule has 0 aliphatic heterocycles. The molecule has 5 nitrogen and oxygen atoms in total. The quantitative estimate of drug-likeness (QED) is 0.790. The van der Waals surface area contributed by atoms with E-state index in [1.165, 1.54) is 12.1 Å². The number of fused-ring (bicyclic) bond motifs is 1. The van der Waals surface area contributed by atoms with E-state index in [2.05, 4.69) is 10.1 Å². The van der Waals surface area contributed by atoms with E-state index in [4.69, 9.17) is 17.3 Å². The van der Waals surface area contributed by atoms with Crippen molar-refractivity contribution in [2.45, 2.75) is 13.3 Å². The number of anilines is 1. The molecule has 0 fully saturated rings. The molecule has 104 valence electrons. The van der Waals surface area contributed by atoms with Crippen molar-refractivity contribution in [1.29, 1.82) is 0 Å². The molecule has 0 radical (unpaired) electrons. The highest BCUT2D eigenvalue weighted by Gasteiger charge is 2.18. The van der Waals surface area contributed by atoms with Crippen molar-refractivity contribution in [3.8, 4) is 5.69 Å². The molecule has 1 aromatic carbocycles. The molecule has 0 spiro atoms. The van der Waals surface area contributed by atoms with Gasteiger partial charge in [0.15, 0.2) is 5.65 Å². The zero-order valence-corrected chi connectivity index (χ0v) is 11.8. The maximum Gasteiger partial charge on any atom is 0.207 e. The number of nitrogen functional groups attached to an aromatic ring is 1. The molecule has 20 heavy (non-hydrogen) atoms. The molecule has 7 heteroatoms. The van der Waals surface area contributed by atoms with Crippen LogP contribution in [0.15, 0.2) is 18.2 Å². The van der Waals surface area contributed by atoms with E-state index in [1.54, 1.807) is 22.4 Å². The summed E-state index contributed by atoms with van der Waals surface area (Å²) in [6, 6.07) is 4.25. The van der Waals surface area contributed by atoms with Crippen molar-refractivity contribution < 1.29 is 4.39 Å². The summed E-state index contributed by atoms with van der Waals surface area (Å²) in [6.45, 7) is 2.00. The molecular weight excluding hydrogens is 281 g/mol. The molecule has 3 aromatic rings. The van der Waals surface area contributed by atoms with E-state index in [1.807, 2.05) is 6.92 Å². The summed E-state index contributed by atoms with van der Waals surface area (Å²) in [6.07, 6.45) is 0.748. The first kappa shape index (κ1) is 12.9. The smallest absolute Gasteiger partial charge is 0.207 e. The summed E-state index contributed by atoms with van der Waals surface area (Å²) in [4.78, 5) is 4.33. The number of nitrogens with two attached hydrogens (primary N) is 1. The molecule has 0 atom stereocenters. The maximum absolute atomic E-state index is 13.5. The second-order valence-corrected chi connectivity index (χ2v) is 4.97. The Bertz CT molecular complexity index is 785. The van der Waals surface area contributed by atoms with Gasteiger partial charge in [0.1, 0.15) is 11.3 Å². The van der Waals surface area contributed by atoms with E-state index in [9.17, 15) is 4.39 Å². The van der Waals surface area contributed by atoms with Crippen LogP contribution in [0.25, 0.3) is 16.9 Å². The van der Waals surface area contributed by atoms with Crippen LogP contribution < -0.4 is 5.73 Å². The standard InChI is InChI=1S/C13H13ClFN5/c1-3-10-11-12(19(2)18-10)20(13(16)17-11)9-5-7(14)4-8(15)6-9/h4-6H,3H2,1-2H3,(H2,16,17). The number of aryl methyl sites for hydroxylation is 2. The number of hydrogen-bond donors (Lipinski definition) is 1. The highest BCUT2D eigenvalue weighted by Crippen LogP contribution is 2.27. The van der Waals surface area contributed by atoms with Crippen molar-refractivity contribution in [1.82, 2.24) is 19.3 Å². The van der Waals surface area contributed by atoms with Gasteiger partial charge in [-0.3, -0.25) is 4.57 Å². The van der Waals surface area contributed by atoms with Gasteiger partial charge in [0, 0.05) is 12.1 Å². The van der Waals surface area contributed by atoms with Gasteiger partial charge < -0.3 is 5.73 Å². The van der Waals surface area contributed by atoms with Gasteiger partial charge in [-0.05, 0) is 24.6 Å². The van der Waals surface area contributed by atoms with Crippen molar-refractivity contribution >= 4 is 28.7 Å². The lowest BCUT2D eigenvalue weighted by Gasteiger charge is -2.07. The monoisotopic (exact) mass is 293 g/mol. The topological polar surface area (TPSA) is 61.7 Å². The molecule has 0 aliphatic rings. The number of nitrogens with zero attached hydrogens (tertiary/aromatic N) is 4. The van der Waals surface area contributed by atoms with Gasteiger partial charge in [-0.2, -0.15) is 5.10 Å². The molecule has 0 saturated carbocycles. The minimum atomic E-state index is -0.424. The van der Waals surface area contributed by atoms with Crippen LogP contribution in [0.3, 0.4) is 0 Å². The van der Waals surface area contributed by atoms with E-state index >= 15 is 0 Å². The predicted molar refractivity (Wildman–Crippen MR) is 76.6 cm³/mol. The van der Waals surface area contributed by atoms with Gasteiger partial charge in [-0.15, -0.1) is 0 Å². The highest BCUT2D eigenvalue weighted by molar-refractivity contribution is 6.30. The Labute approximate surface area is 119 Å². The van der Waals surface area contributed by atoms with E-state index in [-0.39, 0.29) is 5.95 Å². The summed E-state index contributed by atoms with van der Waals surface area (Å²) < 4.78 is 16.9. The third kappa shape index (κ3) is 1.84. The first-order valence-electron chi connectivity index (χ1n) is 6.17. The number of benzene rings is 1. The summed E-state index contributed by atoms with van der Waals surface area (Å²) >= 11 is 5.91. The van der Waals surface area contributed by atoms with E-state index in [0.717, 1.165) is 23.3 Å². The second-order valence-electron chi connectivity index (χ2n) is 4.53. The van der Waals surface area contributed by atoms with Gasteiger partial charge in [-0.25, -0.2) is 14.1 Å². The number of hydrogen-bond acceptors (Lipinski definition) is 3. The fourth-order valence-corrected chi connectivity index (χ4v) is 2.57. The first-order valence-corrected chi connectivity index (χ1v) is 6.55. The van der Waals surface area contributed by atoms with Crippen LogP contribution in [-0.4, -0.2) is 19.3 Å². The van der Waals surface area contributed by atoms with Crippen LogP contribution in [0.4, 0.5) is 10.3 Å². The minimum absolute atomic E-state index is 0.282. The van der Waals surface area contributed by atoms with Gasteiger partial charge in [0.2, 0.25) is 5.95 Å². The van der Waals surface area contributed by atoms with Crippen molar-refractivity contribution in [2.75, 3.05) is 5.73 Å². The molecule has 2 heterocycles. The molecule has 2 aromatic heterocycles. The SMILES string of the molecule is CCc1nn(C)c2c1nc(N)n2-c1cc(F)cc(Cl)c1. The third-order valence-corrected chi connectivity index (χ3v) is 3.39. The molecule has 0 unspecified atom stereocenters. The van der Waals surface area contributed by atoms with Crippen LogP contribution >= 0.6 is 11.6 Å². The largest absolute Gasteiger partial charge is 0.369 e. The molecule has 0 aliphatic carbocycles. The first-order chi connectivity index (χ1) is 9.51. The summed E-state index contributed by atoms with van der Waals surface area (Å²) in [5.74, 6) is -0.143. The number of halogens is 2. The Morgan fingerprint density at radius 1 is 1.35 bits per heavy atom. The molecule has 0 amide bonds. The second kappa shape index (κ2) is 4.49. The normalized spacial score (nSPS) is 11.4. The average molecular weight is 294 g/mol. The Morgan fingerprint density at radius 2 is 2.10 bits per heavy atom. The Morgan fingerprint density at radius 3 is 2.75 bits per heavy atom. The van der Waals surface area contributed by atoms with Gasteiger partial charge in [-0.1, -0.05) is 18.5 Å². The Kier molecular flexibility index (Phi) is 2.90. The highest BCUT2D eigenvalue weighted by atomic mass is 35.5. The van der Waals surface area contributed by atoms with E-state index < -0.39 is 5.82 Å². The molecule has 3 rings (SSSR count). The molecular formula is C13H13ClFN5. The van der Waals surface area contributed by atoms with Crippen LogP contribution in [0.5, 0.6) is 0 Å². The number of aromatic nitrogens is 4. The lowest BCUT2D eigenvalue weighted by Crippen LogP contribution is -2.05. The lowest BCUT2D eigenvalue weighted by molar-refractivity contribution is 0.626. The zero-order chi connectivity index (χ0) is 14.4. The predicted octanol–water partition coefficient (Wildman–Crippen LogP) is 2.70. The fourth-order valence-electron chi connectivity index (χ4n) is 2.36. The fraction of sp³-hybridized carbons (Fsp3) is 0.231. The Hall–Kier alpha value is -2.08. The Balaban J connectivity index is 2.35. The molecule has 0 saturated heterocycles. The maximum atomic E-state index is 13.5. The van der Waals surface area contributed by atoms with Gasteiger partial charge in [0.05, 0.1) is 11.4 Å². The van der Waals surface area contributed by atoms with Crippen LogP contribution in [0.2, 0.25) is 5.02 Å². The van der Waals surface area contributed by atoms with Crippen LogP contribution in [0, 0.1) is 5.82 Å². The van der Waals surface area contributed by atoms with Gasteiger partial charge in [0.25, 0.3) is 0 Å². The van der Waals surface area contributed by atoms with Gasteiger partial charge >= 0.3 is 0 Å². The van der Waals surface area contributed by atoms with Crippen LogP contribution in [0.1, 0.15) is 12.6 Å². The molecule has 2 N–H and O–H groups in total. The van der Waals surface area contributed by atoms with Crippen molar-refractivity contribution in [3.63, 3.8) is 0 Å². The van der Waals surface area contributed by atoms with Crippen molar-refractivity contribution in [3.05, 3.63) is 34.7 Å². The molecule has 0 bridgehead atoms.